The van der Waals surface area contributed by atoms with Gasteiger partial charge in [0.1, 0.15) is 0 Å². The molecule has 1 saturated carbocycles. The van der Waals surface area contributed by atoms with E-state index in [-0.39, 0.29) is 5.54 Å². The standard InChI is InChI=1S/C17H30N4/c1-4-16(2)13-21(10-5-9-20-11-8-18-14-20)17(3,12-19-16)15-6-7-15/h8,11,14-15,19H,4-7,9-10,12-13H2,1-3H3. The number of nitrogens with zero attached hydrogens (tertiary/aromatic N) is 3. The molecule has 0 spiro atoms. The van der Waals surface area contributed by atoms with Crippen LogP contribution < -0.4 is 5.32 Å². The number of piperazine rings is 1. The zero-order valence-electron chi connectivity index (χ0n) is 13.8. The van der Waals surface area contributed by atoms with Gasteiger partial charge in [-0.1, -0.05) is 6.92 Å². The summed E-state index contributed by atoms with van der Waals surface area (Å²) in [6.45, 7) is 11.8. The Morgan fingerprint density at radius 2 is 2.10 bits per heavy atom. The van der Waals surface area contributed by atoms with Gasteiger partial charge in [-0.05, 0) is 45.4 Å². The highest BCUT2D eigenvalue weighted by Crippen LogP contribution is 2.45. The third kappa shape index (κ3) is 3.16. The Kier molecular flexibility index (Phi) is 4.10. The van der Waals surface area contributed by atoms with Gasteiger partial charge >= 0.3 is 0 Å². The van der Waals surface area contributed by atoms with E-state index in [9.17, 15) is 0 Å². The second-order valence-corrected chi connectivity index (χ2v) is 7.47. The van der Waals surface area contributed by atoms with Crippen molar-refractivity contribution in [3.05, 3.63) is 18.7 Å². The lowest BCUT2D eigenvalue weighted by molar-refractivity contribution is 0.00373. The number of hydrogen-bond donors (Lipinski definition) is 1. The third-order valence-corrected chi connectivity index (χ3v) is 5.78. The minimum absolute atomic E-state index is 0.281. The Bertz CT molecular complexity index is 453. The summed E-state index contributed by atoms with van der Waals surface area (Å²) in [5, 5.41) is 3.83. The van der Waals surface area contributed by atoms with Gasteiger partial charge in [0.05, 0.1) is 6.33 Å². The van der Waals surface area contributed by atoms with Crippen molar-refractivity contribution in [3.63, 3.8) is 0 Å². The summed E-state index contributed by atoms with van der Waals surface area (Å²) >= 11 is 0. The highest BCUT2D eigenvalue weighted by atomic mass is 15.3. The molecule has 2 unspecified atom stereocenters. The maximum atomic E-state index is 4.13. The van der Waals surface area contributed by atoms with Gasteiger partial charge in [0.2, 0.25) is 0 Å². The number of imidazole rings is 1. The van der Waals surface area contributed by atoms with Crippen molar-refractivity contribution in [2.24, 2.45) is 5.92 Å². The second kappa shape index (κ2) is 5.73. The van der Waals surface area contributed by atoms with Gasteiger partial charge in [-0.25, -0.2) is 4.98 Å². The molecule has 0 aromatic carbocycles. The van der Waals surface area contributed by atoms with Crippen LogP contribution in [0.1, 0.15) is 46.5 Å². The third-order valence-electron chi connectivity index (χ3n) is 5.78. The minimum Gasteiger partial charge on any atom is -0.337 e. The molecule has 1 aromatic rings. The summed E-state index contributed by atoms with van der Waals surface area (Å²) in [4.78, 5) is 6.91. The largest absolute Gasteiger partial charge is 0.337 e. The molecular weight excluding hydrogens is 260 g/mol. The van der Waals surface area contributed by atoms with Gasteiger partial charge in [-0.3, -0.25) is 4.90 Å². The lowest BCUT2D eigenvalue weighted by Crippen LogP contribution is -2.68. The van der Waals surface area contributed by atoms with E-state index in [0.717, 1.165) is 19.0 Å². The van der Waals surface area contributed by atoms with E-state index < -0.39 is 0 Å². The SMILES string of the molecule is CCC1(C)CN(CCCn2ccnc2)C(C)(C2CC2)CN1. The molecule has 4 heteroatoms. The van der Waals surface area contributed by atoms with Gasteiger partial charge in [0, 0.05) is 49.7 Å². The molecule has 0 radical (unpaired) electrons. The molecule has 2 aliphatic rings. The summed E-state index contributed by atoms with van der Waals surface area (Å²) in [5.74, 6) is 0.902. The summed E-state index contributed by atoms with van der Waals surface area (Å²) in [6, 6.07) is 0. The monoisotopic (exact) mass is 290 g/mol. The Morgan fingerprint density at radius 1 is 1.29 bits per heavy atom. The first kappa shape index (κ1) is 15.0. The lowest BCUT2D eigenvalue weighted by Gasteiger charge is -2.53. The molecule has 3 rings (SSSR count). The van der Waals surface area contributed by atoms with E-state index in [1.807, 2.05) is 12.5 Å². The Balaban J connectivity index is 1.62. The number of nitrogens with one attached hydrogen (secondary N) is 1. The van der Waals surface area contributed by atoms with E-state index in [0.29, 0.717) is 5.54 Å². The summed E-state index contributed by atoms with van der Waals surface area (Å²) in [7, 11) is 0. The maximum Gasteiger partial charge on any atom is 0.0945 e. The molecule has 2 fully saturated rings. The van der Waals surface area contributed by atoms with Crippen LogP contribution in [-0.2, 0) is 6.54 Å². The number of rotatable bonds is 6. The fourth-order valence-corrected chi connectivity index (χ4v) is 3.70. The fourth-order valence-electron chi connectivity index (χ4n) is 3.70. The topological polar surface area (TPSA) is 33.1 Å². The lowest BCUT2D eigenvalue weighted by atomic mass is 9.84. The van der Waals surface area contributed by atoms with Crippen molar-refractivity contribution in [1.29, 1.82) is 0 Å². The van der Waals surface area contributed by atoms with Gasteiger partial charge in [-0.15, -0.1) is 0 Å². The first-order chi connectivity index (χ1) is 10.1. The summed E-state index contributed by atoms with van der Waals surface area (Å²) in [6.07, 6.45) is 11.1. The van der Waals surface area contributed by atoms with Gasteiger partial charge in [0.15, 0.2) is 0 Å². The van der Waals surface area contributed by atoms with E-state index in [1.54, 1.807) is 0 Å². The first-order valence-corrected chi connectivity index (χ1v) is 8.51. The Hall–Kier alpha value is -0.870. The molecule has 2 atom stereocenters. The minimum atomic E-state index is 0.281. The first-order valence-electron chi connectivity index (χ1n) is 8.51. The highest BCUT2D eigenvalue weighted by molar-refractivity contribution is 5.07. The normalized spacial score (nSPS) is 34.2. The van der Waals surface area contributed by atoms with Crippen LogP contribution in [-0.4, -0.2) is 45.2 Å². The van der Waals surface area contributed by atoms with E-state index in [4.69, 9.17) is 0 Å². The number of hydrogen-bond acceptors (Lipinski definition) is 3. The molecule has 118 valence electrons. The van der Waals surface area contributed by atoms with Gasteiger partial charge < -0.3 is 9.88 Å². The van der Waals surface area contributed by atoms with Crippen LogP contribution in [0.2, 0.25) is 0 Å². The Morgan fingerprint density at radius 3 is 2.71 bits per heavy atom. The smallest absolute Gasteiger partial charge is 0.0945 e. The van der Waals surface area contributed by atoms with Crippen LogP contribution >= 0.6 is 0 Å². The van der Waals surface area contributed by atoms with Crippen molar-refractivity contribution in [2.75, 3.05) is 19.6 Å². The second-order valence-electron chi connectivity index (χ2n) is 7.47. The van der Waals surface area contributed by atoms with Crippen LogP contribution in [0.25, 0.3) is 0 Å². The average Bonchev–Trinajstić information content (AvgIpc) is 3.22. The van der Waals surface area contributed by atoms with E-state index in [1.165, 1.54) is 38.8 Å². The zero-order chi connectivity index (χ0) is 14.9. The number of aromatic nitrogens is 2. The molecule has 0 amide bonds. The predicted octanol–water partition coefficient (Wildman–Crippen LogP) is 2.52. The highest BCUT2D eigenvalue weighted by Gasteiger charge is 2.49. The quantitative estimate of drug-likeness (QED) is 0.874. The zero-order valence-corrected chi connectivity index (χ0v) is 13.8. The van der Waals surface area contributed by atoms with E-state index in [2.05, 4.69) is 46.7 Å². The molecule has 1 aromatic heterocycles. The van der Waals surface area contributed by atoms with Crippen molar-refractivity contribution >= 4 is 0 Å². The van der Waals surface area contributed by atoms with Crippen molar-refractivity contribution in [1.82, 2.24) is 19.8 Å². The average molecular weight is 290 g/mol. The molecule has 1 N–H and O–H groups in total. The molecule has 0 bridgehead atoms. The molecule has 4 nitrogen and oxygen atoms in total. The van der Waals surface area contributed by atoms with Crippen LogP contribution in [0.4, 0.5) is 0 Å². The Labute approximate surface area is 128 Å². The van der Waals surface area contributed by atoms with E-state index >= 15 is 0 Å². The van der Waals surface area contributed by atoms with Crippen molar-refractivity contribution < 1.29 is 0 Å². The molecule has 2 heterocycles. The molecule has 21 heavy (non-hydrogen) atoms. The van der Waals surface area contributed by atoms with Crippen LogP contribution in [0.15, 0.2) is 18.7 Å². The summed E-state index contributed by atoms with van der Waals surface area (Å²) < 4.78 is 2.19. The van der Waals surface area contributed by atoms with Gasteiger partial charge in [-0.2, -0.15) is 0 Å². The molecular formula is C17H30N4. The van der Waals surface area contributed by atoms with Crippen LogP contribution in [0.3, 0.4) is 0 Å². The van der Waals surface area contributed by atoms with Gasteiger partial charge in [0.25, 0.3) is 0 Å². The van der Waals surface area contributed by atoms with Crippen molar-refractivity contribution in [3.8, 4) is 0 Å². The molecule has 1 saturated heterocycles. The summed E-state index contributed by atoms with van der Waals surface area (Å²) in [5.41, 5.74) is 0.646. The maximum absolute atomic E-state index is 4.13. The molecule has 1 aliphatic carbocycles. The predicted molar refractivity (Wildman–Crippen MR) is 86.2 cm³/mol. The van der Waals surface area contributed by atoms with Crippen LogP contribution in [0, 0.1) is 5.92 Å². The fraction of sp³-hybridized carbons (Fsp3) is 0.824. The van der Waals surface area contributed by atoms with Crippen molar-refractivity contribution in [2.45, 2.75) is 64.1 Å². The number of aryl methyl sites for hydroxylation is 1. The molecule has 1 aliphatic heterocycles. The van der Waals surface area contributed by atoms with Crippen LogP contribution in [0.5, 0.6) is 0 Å².